The van der Waals surface area contributed by atoms with Gasteiger partial charge in [-0.1, -0.05) is 27.7 Å². The summed E-state index contributed by atoms with van der Waals surface area (Å²) in [5.41, 5.74) is 5.96. The fraction of sp³-hybridized carbons (Fsp3) is 0.889. The first kappa shape index (κ1) is 10.5. The highest BCUT2D eigenvalue weighted by atomic mass is 14.8. The van der Waals surface area contributed by atoms with Crippen LogP contribution < -0.4 is 5.73 Å². The molecule has 2 nitrogen and oxygen atoms in total. The molecule has 0 saturated heterocycles. The molecule has 2 heteroatoms. The first-order valence-electron chi connectivity index (χ1n) is 4.24. The molecule has 0 aliphatic heterocycles. The minimum Gasteiger partial charge on any atom is -0.387 e. The molecule has 0 saturated carbocycles. The molecule has 0 aromatic rings. The molecule has 0 aliphatic rings. The highest BCUT2D eigenvalue weighted by molar-refractivity contribution is 5.80. The first-order valence-corrected chi connectivity index (χ1v) is 4.24. The predicted molar refractivity (Wildman–Crippen MR) is 50.9 cm³/mol. The molecule has 0 unspecified atom stereocenters. The van der Waals surface area contributed by atoms with Crippen molar-refractivity contribution in [3.63, 3.8) is 0 Å². The van der Waals surface area contributed by atoms with Gasteiger partial charge in [-0.05, 0) is 11.8 Å². The van der Waals surface area contributed by atoms with E-state index in [0.717, 1.165) is 25.2 Å². The topological polar surface area (TPSA) is 38.4 Å². The molecule has 0 radical (unpaired) electrons. The highest BCUT2D eigenvalue weighted by Gasteiger charge is 2.11. The number of hydrogen-bond acceptors (Lipinski definition) is 1. The lowest BCUT2D eigenvalue weighted by molar-refractivity contribution is 0.432. The average Bonchev–Trinajstić information content (AvgIpc) is 1.79. The van der Waals surface area contributed by atoms with Crippen molar-refractivity contribution in [3.8, 4) is 0 Å². The van der Waals surface area contributed by atoms with Crippen LogP contribution in [0.3, 0.4) is 0 Å². The second-order valence-corrected chi connectivity index (χ2v) is 4.11. The minimum absolute atomic E-state index is 0.265. The van der Waals surface area contributed by atoms with Crippen molar-refractivity contribution < 1.29 is 0 Å². The van der Waals surface area contributed by atoms with Gasteiger partial charge in [-0.3, -0.25) is 4.99 Å². The van der Waals surface area contributed by atoms with E-state index < -0.39 is 0 Å². The second kappa shape index (κ2) is 4.37. The number of aliphatic imine (C=N–C) groups is 1. The Morgan fingerprint density at radius 2 is 1.91 bits per heavy atom. The van der Waals surface area contributed by atoms with Crippen LogP contribution in [0.15, 0.2) is 4.99 Å². The van der Waals surface area contributed by atoms with Crippen molar-refractivity contribution in [2.75, 3.05) is 6.54 Å². The smallest absolute Gasteiger partial charge is 0.0942 e. The van der Waals surface area contributed by atoms with Gasteiger partial charge in [0.25, 0.3) is 0 Å². The second-order valence-electron chi connectivity index (χ2n) is 4.11. The molecule has 0 atom stereocenters. The molecule has 0 bridgehead atoms. The van der Waals surface area contributed by atoms with Crippen LogP contribution in [-0.4, -0.2) is 12.4 Å². The van der Waals surface area contributed by atoms with Crippen molar-refractivity contribution in [1.29, 1.82) is 0 Å². The molecule has 0 fully saturated rings. The lowest BCUT2D eigenvalue weighted by Crippen LogP contribution is -2.20. The number of nitrogens with zero attached hydrogens (tertiary/aromatic N) is 1. The number of amidine groups is 1. The van der Waals surface area contributed by atoms with Gasteiger partial charge < -0.3 is 5.73 Å². The molecule has 0 rings (SSSR count). The Hall–Kier alpha value is -0.530. The van der Waals surface area contributed by atoms with Gasteiger partial charge in [0.1, 0.15) is 0 Å². The third-order valence-corrected chi connectivity index (χ3v) is 1.25. The van der Waals surface area contributed by atoms with Crippen LogP contribution in [0.25, 0.3) is 0 Å². The molecule has 0 heterocycles. The third kappa shape index (κ3) is 7.37. The summed E-state index contributed by atoms with van der Waals surface area (Å²) in [7, 11) is 0. The summed E-state index contributed by atoms with van der Waals surface area (Å²) in [6.45, 7) is 9.47. The van der Waals surface area contributed by atoms with E-state index >= 15 is 0 Å². The standard InChI is InChI=1S/C9H20N2/c1-5-6-11-8(10)7-9(2,3)4/h5-7H2,1-4H3,(H2,10,11). The van der Waals surface area contributed by atoms with E-state index in [1.807, 2.05) is 0 Å². The summed E-state index contributed by atoms with van der Waals surface area (Å²) in [6, 6.07) is 0. The molecule has 0 spiro atoms. The van der Waals surface area contributed by atoms with Crippen molar-refractivity contribution in [2.24, 2.45) is 16.1 Å². The van der Waals surface area contributed by atoms with Crippen molar-refractivity contribution in [3.05, 3.63) is 0 Å². The van der Waals surface area contributed by atoms with E-state index in [-0.39, 0.29) is 5.41 Å². The zero-order chi connectivity index (χ0) is 8.91. The van der Waals surface area contributed by atoms with Crippen LogP contribution in [0.5, 0.6) is 0 Å². The van der Waals surface area contributed by atoms with Gasteiger partial charge in [0.05, 0.1) is 5.84 Å². The van der Waals surface area contributed by atoms with Crippen LogP contribution >= 0.6 is 0 Å². The maximum atomic E-state index is 5.70. The summed E-state index contributed by atoms with van der Waals surface area (Å²) in [5.74, 6) is 0.791. The van der Waals surface area contributed by atoms with Gasteiger partial charge in [0, 0.05) is 13.0 Å². The highest BCUT2D eigenvalue weighted by Crippen LogP contribution is 2.17. The van der Waals surface area contributed by atoms with Crippen molar-refractivity contribution >= 4 is 5.84 Å². The largest absolute Gasteiger partial charge is 0.387 e. The van der Waals surface area contributed by atoms with E-state index in [2.05, 4.69) is 32.7 Å². The lowest BCUT2D eigenvalue weighted by Gasteiger charge is -2.16. The fourth-order valence-electron chi connectivity index (χ4n) is 0.855. The lowest BCUT2D eigenvalue weighted by atomic mass is 9.92. The normalized spacial score (nSPS) is 13.6. The van der Waals surface area contributed by atoms with Gasteiger partial charge >= 0.3 is 0 Å². The monoisotopic (exact) mass is 156 g/mol. The predicted octanol–water partition coefficient (Wildman–Crippen LogP) is 2.19. The Morgan fingerprint density at radius 1 is 1.36 bits per heavy atom. The minimum atomic E-state index is 0.265. The quantitative estimate of drug-likeness (QED) is 0.493. The van der Waals surface area contributed by atoms with Crippen LogP contribution in [0.2, 0.25) is 0 Å². The maximum Gasteiger partial charge on any atom is 0.0942 e. The van der Waals surface area contributed by atoms with Crippen LogP contribution in [0, 0.1) is 5.41 Å². The van der Waals surface area contributed by atoms with Crippen LogP contribution in [0.1, 0.15) is 40.5 Å². The Morgan fingerprint density at radius 3 is 2.27 bits per heavy atom. The molecular weight excluding hydrogens is 136 g/mol. The number of rotatable bonds is 3. The van der Waals surface area contributed by atoms with Gasteiger partial charge in [-0.2, -0.15) is 0 Å². The summed E-state index contributed by atoms with van der Waals surface area (Å²) < 4.78 is 0. The first-order chi connectivity index (χ1) is 4.95. The van der Waals surface area contributed by atoms with Gasteiger partial charge in [-0.15, -0.1) is 0 Å². The van der Waals surface area contributed by atoms with Crippen LogP contribution in [0.4, 0.5) is 0 Å². The Bertz CT molecular complexity index is 131. The zero-order valence-corrected chi connectivity index (χ0v) is 8.15. The summed E-state index contributed by atoms with van der Waals surface area (Å²) >= 11 is 0. The molecule has 0 aromatic carbocycles. The molecule has 0 aromatic heterocycles. The average molecular weight is 156 g/mol. The third-order valence-electron chi connectivity index (χ3n) is 1.25. The van der Waals surface area contributed by atoms with E-state index in [1.54, 1.807) is 0 Å². The summed E-state index contributed by atoms with van der Waals surface area (Å²) in [6.07, 6.45) is 1.97. The fourth-order valence-corrected chi connectivity index (χ4v) is 0.855. The molecule has 0 amide bonds. The molecule has 66 valence electrons. The molecule has 0 aliphatic carbocycles. The zero-order valence-electron chi connectivity index (χ0n) is 8.15. The molecule has 11 heavy (non-hydrogen) atoms. The summed E-state index contributed by atoms with van der Waals surface area (Å²) in [5, 5.41) is 0. The van der Waals surface area contributed by atoms with Crippen LogP contribution in [-0.2, 0) is 0 Å². The Kier molecular flexibility index (Phi) is 4.16. The van der Waals surface area contributed by atoms with E-state index in [4.69, 9.17) is 5.73 Å². The molecular formula is C9H20N2. The number of hydrogen-bond donors (Lipinski definition) is 1. The van der Waals surface area contributed by atoms with Gasteiger partial charge in [0.15, 0.2) is 0 Å². The van der Waals surface area contributed by atoms with Crippen molar-refractivity contribution in [1.82, 2.24) is 0 Å². The molecule has 2 N–H and O–H groups in total. The van der Waals surface area contributed by atoms with E-state index in [0.29, 0.717) is 0 Å². The summed E-state index contributed by atoms with van der Waals surface area (Å²) in [4.78, 5) is 4.22. The SMILES string of the molecule is CCCN=C(N)CC(C)(C)C. The van der Waals surface area contributed by atoms with Gasteiger partial charge in [0.2, 0.25) is 0 Å². The van der Waals surface area contributed by atoms with E-state index in [1.165, 1.54) is 0 Å². The van der Waals surface area contributed by atoms with Gasteiger partial charge in [-0.25, -0.2) is 0 Å². The van der Waals surface area contributed by atoms with E-state index in [9.17, 15) is 0 Å². The van der Waals surface area contributed by atoms with Crippen molar-refractivity contribution in [2.45, 2.75) is 40.5 Å². The maximum absolute atomic E-state index is 5.70. The number of nitrogens with two attached hydrogens (primary N) is 1. The Balaban J connectivity index is 3.76. The Labute approximate surface area is 69.9 Å².